The molecule has 1 saturated carbocycles. The van der Waals surface area contributed by atoms with Gasteiger partial charge in [0.1, 0.15) is 49.0 Å². The van der Waals surface area contributed by atoms with E-state index in [2.05, 4.69) is 26.6 Å². The van der Waals surface area contributed by atoms with E-state index in [-0.39, 0.29) is 38.3 Å². The molecule has 0 bridgehead atoms. The van der Waals surface area contributed by atoms with E-state index in [1.54, 1.807) is 93.6 Å². The van der Waals surface area contributed by atoms with Crippen molar-refractivity contribution in [3.63, 3.8) is 0 Å². The molecule has 3 aromatic rings. The molecule has 71 heavy (non-hydrogen) atoms. The minimum absolute atomic E-state index is 0.0923. The first kappa shape index (κ1) is 53.2. The molecule has 2 saturated heterocycles. The Labute approximate surface area is 414 Å². The number of hydrogen-bond donors (Lipinski definition) is 5. The Morgan fingerprint density at radius 2 is 1.38 bits per heavy atom. The molecule has 18 nitrogen and oxygen atoms in total. The van der Waals surface area contributed by atoms with Crippen LogP contribution in [-0.2, 0) is 44.8 Å². The lowest BCUT2D eigenvalue weighted by molar-refractivity contribution is -0.498. The molecule has 0 radical (unpaired) electrons. The van der Waals surface area contributed by atoms with Gasteiger partial charge in [0.05, 0.1) is 0 Å². The zero-order valence-corrected chi connectivity index (χ0v) is 41.4. The summed E-state index contributed by atoms with van der Waals surface area (Å²) in [5, 5.41) is 25.7. The summed E-state index contributed by atoms with van der Waals surface area (Å²) in [7, 11) is 0. The molecule has 3 aliphatic rings. The molecule has 3 fully saturated rings. The maximum atomic E-state index is 14.9. The lowest BCUT2D eigenvalue weighted by Gasteiger charge is -2.34. The van der Waals surface area contributed by atoms with Crippen molar-refractivity contribution in [3.05, 3.63) is 129 Å². The number of carbonyl (C=O) groups excluding carboxylic acids is 7. The molecule has 5 N–H and O–H groups in total. The van der Waals surface area contributed by atoms with Crippen LogP contribution in [0.15, 0.2) is 97.1 Å². The van der Waals surface area contributed by atoms with Crippen LogP contribution in [0.2, 0.25) is 0 Å². The number of nitro groups is 1. The van der Waals surface area contributed by atoms with Crippen molar-refractivity contribution >= 4 is 41.6 Å². The zero-order valence-electron chi connectivity index (χ0n) is 41.4. The van der Waals surface area contributed by atoms with E-state index < -0.39 is 119 Å². The van der Waals surface area contributed by atoms with Crippen LogP contribution < -0.4 is 26.6 Å². The highest BCUT2D eigenvalue weighted by Crippen LogP contribution is 2.37. The lowest BCUT2D eigenvalue weighted by Crippen LogP contribution is -2.61. The van der Waals surface area contributed by atoms with Gasteiger partial charge in [-0.15, -0.1) is 0 Å². The van der Waals surface area contributed by atoms with Crippen molar-refractivity contribution in [1.82, 2.24) is 31.5 Å². The molecule has 2 heterocycles. The zero-order chi connectivity index (χ0) is 51.5. The molecule has 6 amide bonds. The fourth-order valence-electron chi connectivity index (χ4n) is 9.35. The molecule has 18 heteroatoms. The second-order valence-electron chi connectivity index (χ2n) is 19.2. The van der Waals surface area contributed by atoms with E-state index in [1.165, 1.54) is 11.8 Å². The highest BCUT2D eigenvalue weighted by atomic mass is 16.6. The third-order valence-corrected chi connectivity index (χ3v) is 14.1. The van der Waals surface area contributed by atoms with Crippen LogP contribution in [0, 0.1) is 34.8 Å². The summed E-state index contributed by atoms with van der Waals surface area (Å²) in [4.78, 5) is 115. The number of esters is 1. The summed E-state index contributed by atoms with van der Waals surface area (Å²) in [5.41, 5.74) is 2.92. The van der Waals surface area contributed by atoms with E-state index in [4.69, 9.17) is 9.47 Å². The van der Waals surface area contributed by atoms with Gasteiger partial charge in [-0.2, -0.15) is 0 Å². The largest absolute Gasteiger partial charge is 0.458 e. The van der Waals surface area contributed by atoms with E-state index in [9.17, 15) is 43.7 Å². The number of aryl methyl sites for hydroxylation is 1. The Balaban J connectivity index is 1.45. The Morgan fingerprint density at radius 3 is 1.93 bits per heavy atom. The number of nitrogens with one attached hydrogen (secondary N) is 5. The molecule has 6 rings (SSSR count). The number of fused-ring (bicyclic) bond motifs is 1. The number of nitrogens with zero attached hydrogens (tertiary/aromatic N) is 2. The second-order valence-corrected chi connectivity index (χ2v) is 19.2. The number of carbonyl (C=O) groups is 7. The van der Waals surface area contributed by atoms with Gasteiger partial charge in [-0.3, -0.25) is 34.1 Å². The van der Waals surface area contributed by atoms with Crippen molar-refractivity contribution in [2.75, 3.05) is 6.54 Å². The van der Waals surface area contributed by atoms with Gasteiger partial charge in [0, 0.05) is 35.6 Å². The quantitative estimate of drug-likeness (QED) is 0.0662. The first-order chi connectivity index (χ1) is 33.9. The molecule has 0 aromatic heterocycles. The Bertz CT molecular complexity index is 2420. The number of rotatable bonds is 13. The Kier molecular flexibility index (Phi) is 18.1. The highest BCUT2D eigenvalue weighted by Gasteiger charge is 2.51. The Hall–Kier alpha value is -7.11. The molecule has 380 valence electrons. The van der Waals surface area contributed by atoms with E-state index >= 15 is 0 Å². The SMILES string of the molecule is C/C=C\[C@H]1C[C@H]2C(=O)O[C@H](C)[C@@H](NC(=O)OCc3ccc(C)cc3)C(=O)NC([C@H](C)c3ccccc3)C(=O)N[C@H](C[C@@H]3C[C@H]3[N+](=O)[O-])C(=O)N[C@@H]([C@H](C)c3ccccc3)C(=O)N[C@@H]([C@@H](C)CC)C(=O)N2C1. The molecule has 3 aromatic carbocycles. The van der Waals surface area contributed by atoms with Gasteiger partial charge in [0.15, 0.2) is 0 Å². The molecular weight excluding hydrogens is 911 g/mol. The summed E-state index contributed by atoms with van der Waals surface area (Å²) < 4.78 is 11.6. The summed E-state index contributed by atoms with van der Waals surface area (Å²) in [5.74, 6) is -7.68. The first-order valence-corrected chi connectivity index (χ1v) is 24.5. The number of allylic oxidation sites excluding steroid dienone is 1. The van der Waals surface area contributed by atoms with Crippen LogP contribution in [0.5, 0.6) is 0 Å². The van der Waals surface area contributed by atoms with Gasteiger partial charge in [-0.25, -0.2) is 9.59 Å². The average molecular weight is 978 g/mol. The predicted molar refractivity (Wildman–Crippen MR) is 263 cm³/mol. The second kappa shape index (κ2) is 24.1. The van der Waals surface area contributed by atoms with Crippen LogP contribution >= 0.6 is 0 Å². The molecular formula is C53H67N7O11. The minimum Gasteiger partial charge on any atom is -0.458 e. The van der Waals surface area contributed by atoms with Crippen LogP contribution in [0.3, 0.4) is 0 Å². The summed E-state index contributed by atoms with van der Waals surface area (Å²) in [6, 6.07) is 15.6. The van der Waals surface area contributed by atoms with Gasteiger partial charge in [-0.05, 0) is 62.1 Å². The number of amides is 6. The predicted octanol–water partition coefficient (Wildman–Crippen LogP) is 4.98. The Morgan fingerprint density at radius 1 is 0.817 bits per heavy atom. The summed E-state index contributed by atoms with van der Waals surface area (Å²) >= 11 is 0. The van der Waals surface area contributed by atoms with E-state index in [0.717, 1.165) is 5.56 Å². The number of cyclic esters (lactones) is 1. The van der Waals surface area contributed by atoms with Crippen LogP contribution in [-0.4, -0.2) is 106 Å². The fourth-order valence-corrected chi connectivity index (χ4v) is 9.35. The maximum Gasteiger partial charge on any atom is 0.408 e. The van der Waals surface area contributed by atoms with Crippen LogP contribution in [0.1, 0.15) is 101 Å². The number of alkyl carbamates (subject to hydrolysis) is 1. The minimum atomic E-state index is -1.68. The van der Waals surface area contributed by atoms with Crippen molar-refractivity contribution in [1.29, 1.82) is 0 Å². The average Bonchev–Trinajstić information content (AvgIpc) is 4.02. The standard InChI is InChI=1S/C53H67N7O11/c1-8-16-36-25-42-52(66)71-34(7)46(58-53(67)70-29-35-23-21-30(3)22-24-35)50(64)57-44(32(5)37-17-12-10-13-18-37)48(62)54-40(26-39-27-41(39)60(68)69)47(61)56-45(33(6)38-19-14-11-15-20-38)49(63)55-43(31(4)9-2)51(65)59(42)28-36/h8,10-24,31-34,36,39-46H,9,25-29H2,1-7H3,(H,54,62)(H,55,63)(H,56,61)(H,57,64)(H,58,67)/b16-8-/t31-,32+,33+,34+,36-,39+,40+,41+,42-,43-,44?,45-,46+/m0/s1. The van der Waals surface area contributed by atoms with Crippen molar-refractivity contribution in [2.24, 2.45) is 17.8 Å². The van der Waals surface area contributed by atoms with Crippen molar-refractivity contribution in [2.45, 2.75) is 141 Å². The lowest BCUT2D eigenvalue weighted by atomic mass is 9.90. The maximum absolute atomic E-state index is 14.9. The molecule has 13 atom stereocenters. The third-order valence-electron chi connectivity index (χ3n) is 14.1. The van der Waals surface area contributed by atoms with Gasteiger partial charge >= 0.3 is 12.1 Å². The fraction of sp³-hybridized carbons (Fsp3) is 0.491. The van der Waals surface area contributed by atoms with Crippen molar-refractivity contribution < 1.29 is 48.0 Å². The van der Waals surface area contributed by atoms with Crippen molar-refractivity contribution in [3.8, 4) is 0 Å². The van der Waals surface area contributed by atoms with Gasteiger partial charge in [-0.1, -0.05) is 137 Å². The van der Waals surface area contributed by atoms with E-state index in [0.29, 0.717) is 23.1 Å². The van der Waals surface area contributed by atoms with Gasteiger partial charge in [0.2, 0.25) is 35.6 Å². The molecule has 1 aliphatic carbocycles. The number of benzene rings is 3. The normalized spacial score (nSPS) is 28.0. The van der Waals surface area contributed by atoms with Crippen LogP contribution in [0.4, 0.5) is 4.79 Å². The molecule has 1 unspecified atom stereocenters. The highest BCUT2D eigenvalue weighted by molar-refractivity contribution is 5.98. The van der Waals surface area contributed by atoms with Gasteiger partial charge in [0.25, 0.3) is 0 Å². The van der Waals surface area contributed by atoms with E-state index in [1.807, 2.05) is 45.1 Å². The monoisotopic (exact) mass is 977 g/mol. The number of ether oxygens (including phenoxy) is 2. The summed E-state index contributed by atoms with van der Waals surface area (Å²) in [6.45, 7) is 12.1. The summed E-state index contributed by atoms with van der Waals surface area (Å²) in [6.07, 6.45) is 1.75. The number of hydrogen-bond acceptors (Lipinski definition) is 11. The smallest absolute Gasteiger partial charge is 0.408 e. The topological polar surface area (TPSA) is 244 Å². The molecule has 2 aliphatic heterocycles. The third kappa shape index (κ3) is 13.6. The van der Waals surface area contributed by atoms with Gasteiger partial charge < -0.3 is 41.0 Å². The van der Waals surface area contributed by atoms with Crippen LogP contribution in [0.25, 0.3) is 0 Å². The first-order valence-electron chi connectivity index (χ1n) is 24.5. The molecule has 0 spiro atoms.